The van der Waals surface area contributed by atoms with E-state index in [1.54, 1.807) is 6.92 Å². The van der Waals surface area contributed by atoms with Crippen molar-refractivity contribution >= 4 is 5.78 Å². The molecule has 0 heterocycles. The summed E-state index contributed by atoms with van der Waals surface area (Å²) >= 11 is 0. The highest BCUT2D eigenvalue weighted by Gasteiger charge is 2.22. The van der Waals surface area contributed by atoms with Crippen LogP contribution in [0, 0.1) is 11.8 Å². The summed E-state index contributed by atoms with van der Waals surface area (Å²) in [6, 6.07) is 0. The Morgan fingerprint density at radius 2 is 2.15 bits per heavy atom. The number of carbonyl (C=O) groups excluding carboxylic acids is 1. The first-order valence-electron chi connectivity index (χ1n) is 5.02. The van der Waals surface area contributed by atoms with Crippen molar-refractivity contribution in [1.29, 1.82) is 0 Å². The van der Waals surface area contributed by atoms with Gasteiger partial charge in [0.2, 0.25) is 0 Å². The predicted octanol–water partition coefficient (Wildman–Crippen LogP) is 0.786. The second kappa shape index (κ2) is 7.04. The summed E-state index contributed by atoms with van der Waals surface area (Å²) in [6.07, 6.45) is 1.89. The lowest BCUT2D eigenvalue weighted by molar-refractivity contribution is -0.122. The van der Waals surface area contributed by atoms with Gasteiger partial charge in [-0.15, -0.1) is 0 Å². The number of ketones is 1. The lowest BCUT2D eigenvalue weighted by Gasteiger charge is -2.22. The van der Waals surface area contributed by atoms with Crippen molar-refractivity contribution in [1.82, 2.24) is 5.32 Å². The van der Waals surface area contributed by atoms with Crippen molar-refractivity contribution in [2.24, 2.45) is 17.6 Å². The Hall–Kier alpha value is -0.410. The van der Waals surface area contributed by atoms with Crippen molar-refractivity contribution in [2.45, 2.75) is 26.7 Å². The van der Waals surface area contributed by atoms with Crippen LogP contribution in [0.25, 0.3) is 0 Å². The van der Waals surface area contributed by atoms with Crippen LogP contribution in [0.1, 0.15) is 26.7 Å². The molecule has 13 heavy (non-hydrogen) atoms. The van der Waals surface area contributed by atoms with Gasteiger partial charge in [-0.3, -0.25) is 4.79 Å². The molecule has 0 radical (unpaired) electrons. The van der Waals surface area contributed by atoms with Gasteiger partial charge in [0.15, 0.2) is 0 Å². The fraction of sp³-hybridized carbons (Fsp3) is 0.900. The number of rotatable bonds is 7. The topological polar surface area (TPSA) is 55.1 Å². The van der Waals surface area contributed by atoms with Crippen LogP contribution >= 0.6 is 0 Å². The van der Waals surface area contributed by atoms with Crippen LogP contribution in [0.5, 0.6) is 0 Å². The summed E-state index contributed by atoms with van der Waals surface area (Å²) in [4.78, 5) is 11.3. The van der Waals surface area contributed by atoms with Gasteiger partial charge in [0.1, 0.15) is 5.78 Å². The average Bonchev–Trinajstić information content (AvgIpc) is 2.11. The molecule has 2 atom stereocenters. The SMILES string of the molecule is CCC(CN)C(CCNC)C(C)=O. The first-order valence-corrected chi connectivity index (χ1v) is 5.02. The Balaban J connectivity index is 4.12. The quantitative estimate of drug-likeness (QED) is 0.618. The molecule has 0 rings (SSSR count). The van der Waals surface area contributed by atoms with Gasteiger partial charge in [-0.05, 0) is 39.4 Å². The van der Waals surface area contributed by atoms with Gasteiger partial charge < -0.3 is 11.1 Å². The Morgan fingerprint density at radius 3 is 2.46 bits per heavy atom. The molecule has 0 aromatic heterocycles. The number of carbonyl (C=O) groups is 1. The summed E-state index contributed by atoms with van der Waals surface area (Å²) in [6.45, 7) is 5.26. The first-order chi connectivity index (χ1) is 6.17. The van der Waals surface area contributed by atoms with Gasteiger partial charge in [-0.2, -0.15) is 0 Å². The van der Waals surface area contributed by atoms with E-state index in [-0.39, 0.29) is 11.7 Å². The number of nitrogens with two attached hydrogens (primary N) is 1. The van der Waals surface area contributed by atoms with Crippen LogP contribution in [-0.2, 0) is 4.79 Å². The molecule has 3 nitrogen and oxygen atoms in total. The molecular formula is C10H22N2O. The lowest BCUT2D eigenvalue weighted by atomic mass is 9.85. The normalized spacial score (nSPS) is 15.4. The van der Waals surface area contributed by atoms with Crippen LogP contribution in [0.4, 0.5) is 0 Å². The Labute approximate surface area is 81.1 Å². The molecule has 0 spiro atoms. The van der Waals surface area contributed by atoms with E-state index in [4.69, 9.17) is 5.73 Å². The highest BCUT2D eigenvalue weighted by Crippen LogP contribution is 2.18. The second-order valence-electron chi connectivity index (χ2n) is 3.51. The first kappa shape index (κ1) is 12.6. The van der Waals surface area contributed by atoms with Crippen LogP contribution in [0.15, 0.2) is 0 Å². The Morgan fingerprint density at radius 1 is 1.54 bits per heavy atom. The molecule has 78 valence electrons. The minimum absolute atomic E-state index is 0.141. The maximum atomic E-state index is 11.3. The number of nitrogens with one attached hydrogen (secondary N) is 1. The number of hydrogen-bond acceptors (Lipinski definition) is 3. The van der Waals surface area contributed by atoms with E-state index in [9.17, 15) is 4.79 Å². The number of hydrogen-bond donors (Lipinski definition) is 2. The van der Waals surface area contributed by atoms with E-state index in [0.717, 1.165) is 19.4 Å². The fourth-order valence-electron chi connectivity index (χ4n) is 1.69. The fourth-order valence-corrected chi connectivity index (χ4v) is 1.69. The van der Waals surface area contributed by atoms with Gasteiger partial charge in [0, 0.05) is 5.92 Å². The van der Waals surface area contributed by atoms with E-state index in [2.05, 4.69) is 12.2 Å². The van der Waals surface area contributed by atoms with Crippen LogP contribution < -0.4 is 11.1 Å². The molecule has 0 aromatic rings. The molecular weight excluding hydrogens is 164 g/mol. The van der Waals surface area contributed by atoms with E-state index in [1.165, 1.54) is 0 Å². The molecule has 0 amide bonds. The smallest absolute Gasteiger partial charge is 0.133 e. The molecule has 0 saturated heterocycles. The largest absolute Gasteiger partial charge is 0.330 e. The molecule has 0 bridgehead atoms. The third-order valence-corrected chi connectivity index (χ3v) is 2.62. The molecule has 0 saturated carbocycles. The van der Waals surface area contributed by atoms with E-state index in [0.29, 0.717) is 12.5 Å². The summed E-state index contributed by atoms with van der Waals surface area (Å²) in [5, 5.41) is 3.06. The van der Waals surface area contributed by atoms with E-state index < -0.39 is 0 Å². The van der Waals surface area contributed by atoms with Crippen molar-refractivity contribution in [3.63, 3.8) is 0 Å². The Kier molecular flexibility index (Phi) is 6.82. The lowest BCUT2D eigenvalue weighted by Crippen LogP contribution is -2.30. The summed E-state index contributed by atoms with van der Waals surface area (Å²) < 4.78 is 0. The van der Waals surface area contributed by atoms with E-state index >= 15 is 0 Å². The van der Waals surface area contributed by atoms with E-state index in [1.807, 2.05) is 7.05 Å². The number of Topliss-reactive ketones (excluding diaryl/α,β-unsaturated/α-hetero) is 1. The van der Waals surface area contributed by atoms with Gasteiger partial charge in [-0.25, -0.2) is 0 Å². The summed E-state index contributed by atoms with van der Waals surface area (Å²) in [5.41, 5.74) is 5.62. The van der Waals surface area contributed by atoms with Crippen LogP contribution in [0.2, 0.25) is 0 Å². The molecule has 3 heteroatoms. The molecule has 2 unspecified atom stereocenters. The zero-order valence-corrected chi connectivity index (χ0v) is 8.97. The summed E-state index contributed by atoms with van der Waals surface area (Å²) in [7, 11) is 1.90. The van der Waals surface area contributed by atoms with Crippen molar-refractivity contribution in [2.75, 3.05) is 20.1 Å². The third-order valence-electron chi connectivity index (χ3n) is 2.62. The van der Waals surface area contributed by atoms with Gasteiger partial charge in [-0.1, -0.05) is 13.3 Å². The minimum Gasteiger partial charge on any atom is -0.330 e. The standard InChI is InChI=1S/C10H22N2O/c1-4-9(7-11)10(8(2)13)5-6-12-3/h9-10,12H,4-7,11H2,1-3H3. The molecule has 0 aliphatic carbocycles. The summed E-state index contributed by atoms with van der Waals surface area (Å²) in [5.74, 6) is 0.765. The van der Waals surface area contributed by atoms with Crippen molar-refractivity contribution < 1.29 is 4.79 Å². The van der Waals surface area contributed by atoms with Gasteiger partial charge in [0.25, 0.3) is 0 Å². The minimum atomic E-state index is 0.141. The average molecular weight is 186 g/mol. The molecule has 0 aliphatic rings. The molecule has 3 N–H and O–H groups in total. The van der Waals surface area contributed by atoms with Crippen molar-refractivity contribution in [3.05, 3.63) is 0 Å². The zero-order chi connectivity index (χ0) is 10.3. The van der Waals surface area contributed by atoms with Crippen LogP contribution in [0.3, 0.4) is 0 Å². The molecule has 0 fully saturated rings. The zero-order valence-electron chi connectivity index (χ0n) is 8.97. The Bertz CT molecular complexity index is 144. The van der Waals surface area contributed by atoms with Gasteiger partial charge in [0.05, 0.1) is 0 Å². The monoisotopic (exact) mass is 186 g/mol. The molecule has 0 aromatic carbocycles. The third kappa shape index (κ3) is 4.39. The van der Waals surface area contributed by atoms with Crippen LogP contribution in [-0.4, -0.2) is 25.9 Å². The highest BCUT2D eigenvalue weighted by atomic mass is 16.1. The highest BCUT2D eigenvalue weighted by molar-refractivity contribution is 5.78. The van der Waals surface area contributed by atoms with Crippen molar-refractivity contribution in [3.8, 4) is 0 Å². The maximum absolute atomic E-state index is 11.3. The molecule has 0 aliphatic heterocycles. The second-order valence-corrected chi connectivity index (χ2v) is 3.51. The van der Waals surface area contributed by atoms with Gasteiger partial charge >= 0.3 is 0 Å². The predicted molar refractivity (Wildman–Crippen MR) is 55.6 cm³/mol. The maximum Gasteiger partial charge on any atom is 0.133 e.